The van der Waals surface area contributed by atoms with Crippen LogP contribution in [0.1, 0.15) is 63.2 Å². The summed E-state index contributed by atoms with van der Waals surface area (Å²) < 4.78 is 0. The number of hydrogen-bond donors (Lipinski definition) is 2. The highest BCUT2D eigenvalue weighted by Crippen LogP contribution is 2.55. The van der Waals surface area contributed by atoms with Gasteiger partial charge in [0.05, 0.1) is 24.2 Å². The molecule has 1 heterocycles. The summed E-state index contributed by atoms with van der Waals surface area (Å²) >= 11 is 0. The van der Waals surface area contributed by atoms with E-state index >= 15 is 0 Å². The molecule has 7 atom stereocenters. The molecule has 32 heavy (non-hydrogen) atoms. The van der Waals surface area contributed by atoms with Crippen LogP contribution in [-0.4, -0.2) is 57.5 Å². The lowest BCUT2D eigenvalue weighted by Crippen LogP contribution is -2.58. The molecule has 0 unspecified atom stereocenters. The van der Waals surface area contributed by atoms with Gasteiger partial charge in [0, 0.05) is 37.9 Å². The van der Waals surface area contributed by atoms with E-state index in [1.807, 2.05) is 6.92 Å². The summed E-state index contributed by atoms with van der Waals surface area (Å²) in [5.74, 6) is -0.613. The molecule has 0 bridgehead atoms. The van der Waals surface area contributed by atoms with E-state index in [0.717, 1.165) is 25.7 Å². The lowest BCUT2D eigenvalue weighted by atomic mass is 9.51. The molecule has 0 aliphatic heterocycles. The first-order valence-electron chi connectivity index (χ1n) is 11.6. The number of aliphatic hydroxyl groups is 1. The van der Waals surface area contributed by atoms with Crippen molar-refractivity contribution in [3.63, 3.8) is 0 Å². The maximum absolute atomic E-state index is 12.9. The zero-order chi connectivity index (χ0) is 23.5. The Morgan fingerprint density at radius 3 is 2.66 bits per heavy atom. The number of nitriles is 1. The van der Waals surface area contributed by atoms with E-state index in [1.54, 1.807) is 11.9 Å². The number of aliphatic hydroxyl groups excluding tert-OH is 1. The summed E-state index contributed by atoms with van der Waals surface area (Å²) in [4.78, 5) is 35.0. The molecule has 0 aromatic carbocycles. The van der Waals surface area contributed by atoms with Crippen LogP contribution in [0, 0.1) is 40.4 Å². The Morgan fingerprint density at radius 1 is 1.34 bits per heavy atom. The van der Waals surface area contributed by atoms with Crippen LogP contribution in [0.4, 0.5) is 0 Å². The molecule has 3 rings (SSSR count). The maximum atomic E-state index is 12.9. The molecule has 2 N–H and O–H groups in total. The number of amides is 2. The third-order valence-corrected chi connectivity index (χ3v) is 7.99. The minimum Gasteiger partial charge on any atom is -0.392 e. The van der Waals surface area contributed by atoms with Crippen LogP contribution >= 0.6 is 0 Å². The van der Waals surface area contributed by atoms with Gasteiger partial charge in [0.2, 0.25) is 5.91 Å². The van der Waals surface area contributed by atoms with Crippen molar-refractivity contribution in [1.82, 2.24) is 20.2 Å². The molecule has 2 amide bonds. The first kappa shape index (κ1) is 24.1. The van der Waals surface area contributed by atoms with Gasteiger partial charge < -0.3 is 15.3 Å². The molecule has 0 spiro atoms. The highest BCUT2D eigenvalue weighted by atomic mass is 16.3. The number of hydrogen-bond acceptors (Lipinski definition) is 6. The monoisotopic (exact) mass is 441 g/mol. The Kier molecular flexibility index (Phi) is 7.50. The third-order valence-electron chi connectivity index (χ3n) is 7.99. The number of aromatic nitrogens is 2. The normalized spacial score (nSPS) is 32.8. The van der Waals surface area contributed by atoms with Crippen molar-refractivity contribution in [3.8, 4) is 6.07 Å². The van der Waals surface area contributed by atoms with Crippen LogP contribution in [0.2, 0.25) is 0 Å². The zero-order valence-corrected chi connectivity index (χ0v) is 19.5. The molecule has 8 heteroatoms. The highest BCUT2D eigenvalue weighted by molar-refractivity contribution is 5.93. The number of nitrogens with one attached hydrogen (secondary N) is 1. The van der Waals surface area contributed by atoms with Gasteiger partial charge in [0.25, 0.3) is 5.91 Å². The molecular formula is C24H35N5O3. The second-order valence-corrected chi connectivity index (χ2v) is 9.93. The maximum Gasteiger partial charge on any atom is 0.254 e. The van der Waals surface area contributed by atoms with Crippen molar-refractivity contribution >= 4 is 11.8 Å². The van der Waals surface area contributed by atoms with Gasteiger partial charge in [0.1, 0.15) is 6.33 Å². The van der Waals surface area contributed by atoms with Gasteiger partial charge in [-0.1, -0.05) is 20.8 Å². The molecule has 0 radical (unpaired) electrons. The van der Waals surface area contributed by atoms with Crippen LogP contribution < -0.4 is 5.32 Å². The average Bonchev–Trinajstić information content (AvgIpc) is 2.79. The van der Waals surface area contributed by atoms with Crippen molar-refractivity contribution < 1.29 is 14.7 Å². The van der Waals surface area contributed by atoms with Crippen LogP contribution in [0.15, 0.2) is 18.7 Å². The first-order valence-corrected chi connectivity index (χ1v) is 11.6. The van der Waals surface area contributed by atoms with Crippen molar-refractivity contribution in [2.45, 2.75) is 65.0 Å². The SMILES string of the molecule is C[C@@H]1[C@@H]2[C@@H](O)[C@H]([C@H](C)C(=O)N(C)CCC#N)CC[C@]2(C)CC[C@@H]1NC(=O)c1cncnc1. The van der Waals surface area contributed by atoms with Gasteiger partial charge in [-0.2, -0.15) is 5.26 Å². The molecule has 2 aliphatic carbocycles. The van der Waals surface area contributed by atoms with Crippen LogP contribution in [0.3, 0.4) is 0 Å². The fourth-order valence-corrected chi connectivity index (χ4v) is 6.02. The quantitative estimate of drug-likeness (QED) is 0.700. The van der Waals surface area contributed by atoms with Crippen LogP contribution in [0.5, 0.6) is 0 Å². The van der Waals surface area contributed by atoms with Crippen molar-refractivity contribution in [3.05, 3.63) is 24.3 Å². The molecule has 174 valence electrons. The van der Waals surface area contributed by atoms with Crippen LogP contribution in [-0.2, 0) is 4.79 Å². The molecular weight excluding hydrogens is 406 g/mol. The summed E-state index contributed by atoms with van der Waals surface area (Å²) in [6.07, 6.45) is 7.62. The summed E-state index contributed by atoms with van der Waals surface area (Å²) in [6, 6.07) is 2.02. The van der Waals surface area contributed by atoms with E-state index in [2.05, 4.69) is 35.2 Å². The van der Waals surface area contributed by atoms with Gasteiger partial charge in [-0.15, -0.1) is 0 Å². The van der Waals surface area contributed by atoms with E-state index in [9.17, 15) is 14.7 Å². The first-order chi connectivity index (χ1) is 15.2. The smallest absolute Gasteiger partial charge is 0.254 e. The number of carbonyl (C=O) groups excluding carboxylic acids is 2. The Morgan fingerprint density at radius 2 is 2.00 bits per heavy atom. The third kappa shape index (κ3) is 4.78. The molecule has 2 aliphatic rings. The number of carbonyl (C=O) groups is 2. The highest BCUT2D eigenvalue weighted by Gasteiger charge is 2.54. The Hall–Kier alpha value is -2.53. The Labute approximate surface area is 190 Å². The minimum atomic E-state index is -0.619. The fraction of sp³-hybridized carbons (Fsp3) is 0.708. The summed E-state index contributed by atoms with van der Waals surface area (Å²) in [5.41, 5.74) is 0.414. The molecule has 1 aromatic heterocycles. The molecule has 0 saturated heterocycles. The lowest BCUT2D eigenvalue weighted by Gasteiger charge is -2.56. The minimum absolute atomic E-state index is 0.00742. The Balaban J connectivity index is 1.73. The van der Waals surface area contributed by atoms with Crippen LogP contribution in [0.25, 0.3) is 0 Å². The average molecular weight is 442 g/mol. The Bertz CT molecular complexity index is 857. The number of nitrogens with zero attached hydrogens (tertiary/aromatic N) is 4. The standard InChI is InChI=1S/C24H35N5O3/c1-15(23(32)29(4)11-5-10-25)18-6-8-24(3)9-7-19(16(2)20(24)21(18)30)28-22(31)17-12-26-14-27-13-17/h12-16,18-21,30H,5-9,11H2,1-4H3,(H,28,31)/t15-,16-,18-,19-,20+,21-,24+/m0/s1. The predicted molar refractivity (Wildman–Crippen MR) is 119 cm³/mol. The summed E-state index contributed by atoms with van der Waals surface area (Å²) in [7, 11) is 1.72. The van der Waals surface area contributed by atoms with Gasteiger partial charge in [-0.25, -0.2) is 9.97 Å². The molecule has 1 aromatic rings. The second kappa shape index (κ2) is 9.95. The summed E-state index contributed by atoms with van der Waals surface area (Å²) in [6.45, 7) is 6.63. The van der Waals surface area contributed by atoms with E-state index in [1.165, 1.54) is 18.7 Å². The van der Waals surface area contributed by atoms with E-state index in [4.69, 9.17) is 5.26 Å². The second-order valence-electron chi connectivity index (χ2n) is 9.93. The number of fused-ring (bicyclic) bond motifs is 1. The topological polar surface area (TPSA) is 119 Å². The van der Waals surface area contributed by atoms with E-state index in [0.29, 0.717) is 18.5 Å². The van der Waals surface area contributed by atoms with Gasteiger partial charge in [0.15, 0.2) is 0 Å². The van der Waals surface area contributed by atoms with Gasteiger partial charge >= 0.3 is 0 Å². The lowest BCUT2D eigenvalue weighted by molar-refractivity contribution is -0.149. The molecule has 8 nitrogen and oxygen atoms in total. The van der Waals surface area contributed by atoms with Gasteiger partial charge in [-0.3, -0.25) is 9.59 Å². The van der Waals surface area contributed by atoms with Crippen molar-refractivity contribution in [2.75, 3.05) is 13.6 Å². The summed E-state index contributed by atoms with van der Waals surface area (Å²) in [5, 5.41) is 23.4. The largest absolute Gasteiger partial charge is 0.392 e. The van der Waals surface area contributed by atoms with E-state index in [-0.39, 0.29) is 46.9 Å². The van der Waals surface area contributed by atoms with Crippen molar-refractivity contribution in [2.24, 2.45) is 29.1 Å². The molecule has 2 fully saturated rings. The van der Waals surface area contributed by atoms with Crippen molar-refractivity contribution in [1.29, 1.82) is 5.26 Å². The van der Waals surface area contributed by atoms with E-state index < -0.39 is 6.10 Å². The predicted octanol–water partition coefficient (Wildman–Crippen LogP) is 2.41. The number of rotatable bonds is 6. The zero-order valence-electron chi connectivity index (χ0n) is 19.5. The molecule has 2 saturated carbocycles. The van der Waals surface area contributed by atoms with Gasteiger partial charge in [-0.05, 0) is 48.9 Å². The fourth-order valence-electron chi connectivity index (χ4n) is 6.02.